The van der Waals surface area contributed by atoms with Crippen LogP contribution in [0, 0.1) is 34.5 Å². The Bertz CT molecular complexity index is 1050. The number of hydrogen-bond acceptors (Lipinski definition) is 4. The molecule has 0 radical (unpaired) electrons. The van der Waals surface area contributed by atoms with Gasteiger partial charge in [-0.3, -0.25) is 0 Å². The van der Waals surface area contributed by atoms with Gasteiger partial charge >= 0.3 is 0 Å². The Kier molecular flexibility index (Phi) is 5.28. The fourth-order valence-corrected chi connectivity index (χ4v) is 12.1. The first kappa shape index (κ1) is 22.8. The first-order valence-corrected chi connectivity index (χ1v) is 15.4. The molecule has 0 amide bonds. The van der Waals surface area contributed by atoms with E-state index in [9.17, 15) is 8.42 Å². The van der Waals surface area contributed by atoms with E-state index in [2.05, 4.69) is 31.9 Å². The first-order chi connectivity index (χ1) is 15.7. The van der Waals surface area contributed by atoms with Gasteiger partial charge in [-0.25, -0.2) is 8.42 Å². The maximum absolute atomic E-state index is 13.2. The monoisotopic (exact) mass is 488 g/mol. The lowest BCUT2D eigenvalue weighted by Crippen LogP contribution is -2.53. The zero-order valence-electron chi connectivity index (χ0n) is 20.7. The summed E-state index contributed by atoms with van der Waals surface area (Å²) < 4.78 is 28.5. The van der Waals surface area contributed by atoms with Crippen molar-refractivity contribution >= 4 is 21.4 Å². The Balaban J connectivity index is 1.25. The molecule has 4 aliphatic carbocycles. The summed E-state index contributed by atoms with van der Waals surface area (Å²) in [6.45, 7) is 6.32. The van der Waals surface area contributed by atoms with Crippen molar-refractivity contribution in [1.82, 2.24) is 9.21 Å². The molecule has 1 aliphatic heterocycles. The van der Waals surface area contributed by atoms with Crippen molar-refractivity contribution in [3.63, 3.8) is 0 Å². The lowest BCUT2D eigenvalue weighted by atomic mass is 9.47. The smallest absolute Gasteiger partial charge is 0.252 e. The minimum Gasteiger partial charge on any atom is -0.303 e. The van der Waals surface area contributed by atoms with Crippen LogP contribution < -0.4 is 0 Å². The lowest BCUT2D eigenvalue weighted by Gasteiger charge is -2.58. The third-order valence-corrected chi connectivity index (χ3v) is 14.6. The van der Waals surface area contributed by atoms with Crippen molar-refractivity contribution < 1.29 is 8.42 Å². The SMILES string of the molecule is CC1C2CCC3C4CC=C5CC(N(C)S(=O)(=O)c6cccs6)CCC5(C)C4CCC32CN1C. The highest BCUT2D eigenvalue weighted by Crippen LogP contribution is 2.68. The highest BCUT2D eigenvalue weighted by molar-refractivity contribution is 7.91. The van der Waals surface area contributed by atoms with Gasteiger partial charge < -0.3 is 4.90 Å². The molecule has 1 aromatic rings. The van der Waals surface area contributed by atoms with Gasteiger partial charge in [-0.2, -0.15) is 4.31 Å². The lowest BCUT2D eigenvalue weighted by molar-refractivity contribution is -0.0419. The third kappa shape index (κ3) is 3.09. The van der Waals surface area contributed by atoms with Crippen LogP contribution in [0.3, 0.4) is 0 Å². The molecule has 5 aliphatic rings. The maximum Gasteiger partial charge on any atom is 0.252 e. The molecule has 0 bridgehead atoms. The topological polar surface area (TPSA) is 40.6 Å². The number of hydrogen-bond donors (Lipinski definition) is 0. The first-order valence-electron chi connectivity index (χ1n) is 13.1. The number of sulfonamides is 1. The molecule has 0 N–H and O–H groups in total. The van der Waals surface area contributed by atoms with E-state index in [1.807, 2.05) is 11.4 Å². The second-order valence-corrected chi connectivity index (χ2v) is 15.4. The van der Waals surface area contributed by atoms with Gasteiger partial charge in [0.05, 0.1) is 0 Å². The van der Waals surface area contributed by atoms with E-state index >= 15 is 0 Å². The summed E-state index contributed by atoms with van der Waals surface area (Å²) in [5.74, 6) is 3.41. The van der Waals surface area contributed by atoms with E-state index in [4.69, 9.17) is 0 Å². The molecule has 6 heteroatoms. The van der Waals surface area contributed by atoms with Crippen LogP contribution in [0.1, 0.15) is 65.2 Å². The summed E-state index contributed by atoms with van der Waals surface area (Å²) in [5, 5.41) is 1.86. The average molecular weight is 489 g/mol. The van der Waals surface area contributed by atoms with Gasteiger partial charge in [-0.15, -0.1) is 11.3 Å². The minimum atomic E-state index is -3.39. The van der Waals surface area contributed by atoms with Crippen LogP contribution in [-0.4, -0.2) is 50.3 Å². The Morgan fingerprint density at radius 3 is 2.67 bits per heavy atom. The van der Waals surface area contributed by atoms with Crippen LogP contribution in [0.2, 0.25) is 0 Å². The van der Waals surface area contributed by atoms with Gasteiger partial charge in [0, 0.05) is 25.7 Å². The second-order valence-electron chi connectivity index (χ2n) is 12.2. The molecule has 3 saturated carbocycles. The molecule has 1 spiro atoms. The second kappa shape index (κ2) is 7.65. The largest absolute Gasteiger partial charge is 0.303 e. The number of thiophene rings is 1. The number of allylic oxidation sites excluding steroid dienone is 1. The van der Waals surface area contributed by atoms with E-state index in [-0.39, 0.29) is 11.5 Å². The van der Waals surface area contributed by atoms with Gasteiger partial charge in [0.2, 0.25) is 0 Å². The van der Waals surface area contributed by atoms with Crippen molar-refractivity contribution in [2.75, 3.05) is 20.6 Å². The van der Waals surface area contributed by atoms with E-state index in [1.54, 1.807) is 23.0 Å². The van der Waals surface area contributed by atoms with Crippen LogP contribution in [-0.2, 0) is 10.0 Å². The molecule has 4 fully saturated rings. The number of rotatable bonds is 3. The summed E-state index contributed by atoms with van der Waals surface area (Å²) in [6.07, 6.45) is 12.5. The Labute approximate surface area is 204 Å². The third-order valence-electron chi connectivity index (χ3n) is 11.3. The molecule has 0 aromatic carbocycles. The highest BCUT2D eigenvalue weighted by atomic mass is 32.2. The molecule has 4 nitrogen and oxygen atoms in total. The molecule has 2 heterocycles. The van der Waals surface area contributed by atoms with E-state index in [1.165, 1.54) is 50.0 Å². The molecular weight excluding hydrogens is 448 g/mol. The normalized spacial score (nSPS) is 45.3. The summed E-state index contributed by atoms with van der Waals surface area (Å²) in [4.78, 5) is 2.65. The Morgan fingerprint density at radius 2 is 1.91 bits per heavy atom. The molecular formula is C27H40N2O2S2. The van der Waals surface area contributed by atoms with Crippen LogP contribution in [0.4, 0.5) is 0 Å². The summed E-state index contributed by atoms with van der Waals surface area (Å²) in [6, 6.07) is 4.40. The molecule has 8 atom stereocenters. The fraction of sp³-hybridized carbons (Fsp3) is 0.778. The minimum absolute atomic E-state index is 0.0862. The summed E-state index contributed by atoms with van der Waals surface area (Å²) in [5.41, 5.74) is 2.40. The summed E-state index contributed by atoms with van der Waals surface area (Å²) >= 11 is 1.33. The number of likely N-dealkylation sites (tertiary alicyclic amines) is 1. The molecule has 182 valence electrons. The van der Waals surface area contributed by atoms with Gasteiger partial charge in [-0.1, -0.05) is 24.6 Å². The number of fused-ring (bicyclic) bond motifs is 4. The molecule has 33 heavy (non-hydrogen) atoms. The average Bonchev–Trinajstić information content (AvgIpc) is 3.50. The Hall–Kier alpha value is -0.690. The van der Waals surface area contributed by atoms with Crippen LogP contribution in [0.15, 0.2) is 33.4 Å². The zero-order valence-corrected chi connectivity index (χ0v) is 22.3. The van der Waals surface area contributed by atoms with Crippen LogP contribution >= 0.6 is 11.3 Å². The van der Waals surface area contributed by atoms with Gasteiger partial charge in [0.15, 0.2) is 0 Å². The predicted molar refractivity (Wildman–Crippen MR) is 135 cm³/mol. The van der Waals surface area contributed by atoms with Crippen molar-refractivity contribution in [1.29, 1.82) is 0 Å². The van der Waals surface area contributed by atoms with Crippen molar-refractivity contribution in [2.24, 2.45) is 34.5 Å². The molecule has 1 saturated heterocycles. The fourth-order valence-electron chi connectivity index (χ4n) is 9.50. The zero-order chi connectivity index (χ0) is 23.2. The van der Waals surface area contributed by atoms with Crippen LogP contribution in [0.25, 0.3) is 0 Å². The van der Waals surface area contributed by atoms with Gasteiger partial charge in [0.1, 0.15) is 4.21 Å². The quantitative estimate of drug-likeness (QED) is 0.518. The van der Waals surface area contributed by atoms with E-state index in [0.29, 0.717) is 9.62 Å². The van der Waals surface area contributed by atoms with Gasteiger partial charge in [0.25, 0.3) is 10.0 Å². The van der Waals surface area contributed by atoms with Crippen molar-refractivity contribution in [2.45, 2.75) is 81.5 Å². The van der Waals surface area contributed by atoms with E-state index in [0.717, 1.165) is 49.0 Å². The molecule has 6 rings (SSSR count). The number of nitrogens with zero attached hydrogens (tertiary/aromatic N) is 2. The Morgan fingerprint density at radius 1 is 1.12 bits per heavy atom. The maximum atomic E-state index is 13.2. The predicted octanol–water partition coefficient (Wildman–Crippen LogP) is 5.63. The van der Waals surface area contributed by atoms with Crippen molar-refractivity contribution in [3.8, 4) is 0 Å². The van der Waals surface area contributed by atoms with E-state index < -0.39 is 10.0 Å². The van der Waals surface area contributed by atoms with Gasteiger partial charge in [-0.05, 0) is 111 Å². The molecule has 1 aromatic heterocycles. The highest BCUT2D eigenvalue weighted by Gasteiger charge is 2.64. The summed E-state index contributed by atoms with van der Waals surface area (Å²) in [7, 11) is 0.762. The van der Waals surface area contributed by atoms with Crippen molar-refractivity contribution in [3.05, 3.63) is 29.2 Å². The molecule has 8 unspecified atom stereocenters. The van der Waals surface area contributed by atoms with Crippen LogP contribution in [0.5, 0.6) is 0 Å². The standard InChI is InChI=1S/C27H40N2O2S2/c1-18-22-9-10-24-21-8-7-19-16-20(29(4)33(30,31)25-6-5-15-32-25)11-13-26(19,2)23(21)12-14-27(22,24)17-28(18)3/h5-7,15,18,20-24H,8-14,16-17H2,1-4H3.